The summed E-state index contributed by atoms with van der Waals surface area (Å²) in [6.45, 7) is 6.76. The molecule has 15 heavy (non-hydrogen) atoms. The monoisotopic (exact) mass is 227 g/mol. The van der Waals surface area contributed by atoms with Crippen LogP contribution in [0.3, 0.4) is 0 Å². The van der Waals surface area contributed by atoms with Gasteiger partial charge in [0.15, 0.2) is 0 Å². The number of rotatable bonds is 4. The quantitative estimate of drug-likeness (QED) is 0.798. The maximum atomic E-state index is 6.04. The van der Waals surface area contributed by atoms with Gasteiger partial charge in [0.05, 0.1) is 12.2 Å². The number of benzene rings is 1. The summed E-state index contributed by atoms with van der Waals surface area (Å²) in [6.07, 6.45) is 0.972. The highest BCUT2D eigenvalue weighted by Crippen LogP contribution is 2.23. The predicted molar refractivity (Wildman–Crippen MR) is 65.0 cm³/mol. The average Bonchev–Trinajstić information content (AvgIpc) is 2.16. The van der Waals surface area contributed by atoms with Crippen LogP contribution in [0, 0.1) is 0 Å². The van der Waals surface area contributed by atoms with Crippen LogP contribution in [-0.4, -0.2) is 5.60 Å². The number of halogens is 1. The first-order valence-corrected chi connectivity index (χ1v) is 5.50. The van der Waals surface area contributed by atoms with E-state index in [0.717, 1.165) is 12.0 Å². The molecular formula is C12H18ClNO. The topological polar surface area (TPSA) is 35.2 Å². The minimum Gasteiger partial charge on any atom is -0.399 e. The van der Waals surface area contributed by atoms with Crippen molar-refractivity contribution in [3.8, 4) is 0 Å². The summed E-state index contributed by atoms with van der Waals surface area (Å²) in [5.74, 6) is 0. The summed E-state index contributed by atoms with van der Waals surface area (Å²) < 4.78 is 5.76. The van der Waals surface area contributed by atoms with Gasteiger partial charge >= 0.3 is 0 Å². The number of hydrogen-bond donors (Lipinski definition) is 1. The zero-order valence-electron chi connectivity index (χ0n) is 9.51. The van der Waals surface area contributed by atoms with E-state index in [-0.39, 0.29) is 5.60 Å². The SMILES string of the molecule is CCC(C)(C)OCc1ccc(N)cc1Cl. The lowest BCUT2D eigenvalue weighted by molar-refractivity contribution is -0.0315. The average molecular weight is 228 g/mol. The molecule has 0 aliphatic rings. The van der Waals surface area contributed by atoms with Crippen molar-refractivity contribution in [2.75, 3.05) is 5.73 Å². The van der Waals surface area contributed by atoms with Crippen molar-refractivity contribution in [3.05, 3.63) is 28.8 Å². The van der Waals surface area contributed by atoms with Crippen molar-refractivity contribution < 1.29 is 4.74 Å². The zero-order chi connectivity index (χ0) is 11.5. The minimum absolute atomic E-state index is 0.106. The molecular weight excluding hydrogens is 210 g/mol. The van der Waals surface area contributed by atoms with E-state index in [1.165, 1.54) is 0 Å². The second-order valence-electron chi connectivity index (χ2n) is 4.25. The maximum absolute atomic E-state index is 6.04. The van der Waals surface area contributed by atoms with Gasteiger partial charge < -0.3 is 10.5 Å². The fourth-order valence-corrected chi connectivity index (χ4v) is 1.30. The van der Waals surface area contributed by atoms with Crippen LogP contribution in [0.1, 0.15) is 32.8 Å². The van der Waals surface area contributed by atoms with Gasteiger partial charge in [-0.1, -0.05) is 24.6 Å². The zero-order valence-corrected chi connectivity index (χ0v) is 10.3. The fourth-order valence-electron chi connectivity index (χ4n) is 1.06. The van der Waals surface area contributed by atoms with Gasteiger partial charge in [-0.3, -0.25) is 0 Å². The van der Waals surface area contributed by atoms with Gasteiger partial charge in [-0.25, -0.2) is 0 Å². The maximum Gasteiger partial charge on any atom is 0.0738 e. The molecule has 0 saturated carbocycles. The van der Waals surface area contributed by atoms with E-state index in [1.807, 2.05) is 12.1 Å². The van der Waals surface area contributed by atoms with Crippen LogP contribution < -0.4 is 5.73 Å². The Morgan fingerprint density at radius 3 is 2.60 bits per heavy atom. The Balaban J connectivity index is 2.66. The Bertz CT molecular complexity index is 336. The van der Waals surface area contributed by atoms with Crippen LogP contribution in [-0.2, 0) is 11.3 Å². The minimum atomic E-state index is -0.106. The number of nitrogens with two attached hydrogens (primary N) is 1. The van der Waals surface area contributed by atoms with Gasteiger partial charge in [0.25, 0.3) is 0 Å². The third-order valence-corrected chi connectivity index (χ3v) is 2.90. The Hall–Kier alpha value is -0.730. The summed E-state index contributed by atoms with van der Waals surface area (Å²) in [7, 11) is 0. The van der Waals surface area contributed by atoms with E-state index in [1.54, 1.807) is 6.07 Å². The van der Waals surface area contributed by atoms with E-state index >= 15 is 0 Å². The fraction of sp³-hybridized carbons (Fsp3) is 0.500. The molecule has 0 atom stereocenters. The van der Waals surface area contributed by atoms with Crippen LogP contribution >= 0.6 is 11.6 Å². The molecule has 0 fully saturated rings. The van der Waals surface area contributed by atoms with E-state index in [2.05, 4.69) is 20.8 Å². The van der Waals surface area contributed by atoms with Crippen molar-refractivity contribution in [2.45, 2.75) is 39.4 Å². The van der Waals surface area contributed by atoms with Gasteiger partial charge in [0.2, 0.25) is 0 Å². The Morgan fingerprint density at radius 2 is 2.07 bits per heavy atom. The molecule has 84 valence electrons. The van der Waals surface area contributed by atoms with Crippen molar-refractivity contribution >= 4 is 17.3 Å². The smallest absolute Gasteiger partial charge is 0.0738 e. The standard InChI is InChI=1S/C12H18ClNO/c1-4-12(2,3)15-8-9-5-6-10(14)7-11(9)13/h5-7H,4,8,14H2,1-3H3. The summed E-state index contributed by atoms with van der Waals surface area (Å²) >= 11 is 6.04. The first-order chi connectivity index (χ1) is 6.94. The Labute approximate surface area is 96.4 Å². The second kappa shape index (κ2) is 4.86. The molecule has 1 aromatic rings. The first kappa shape index (κ1) is 12.3. The molecule has 3 heteroatoms. The lowest BCUT2D eigenvalue weighted by Crippen LogP contribution is -2.22. The highest BCUT2D eigenvalue weighted by molar-refractivity contribution is 6.31. The normalized spacial score (nSPS) is 11.7. The molecule has 0 radical (unpaired) electrons. The van der Waals surface area contributed by atoms with Gasteiger partial charge in [-0.15, -0.1) is 0 Å². The van der Waals surface area contributed by atoms with E-state index in [4.69, 9.17) is 22.1 Å². The molecule has 0 spiro atoms. The lowest BCUT2D eigenvalue weighted by atomic mass is 10.1. The van der Waals surface area contributed by atoms with Crippen LogP contribution in [0.5, 0.6) is 0 Å². The molecule has 2 nitrogen and oxygen atoms in total. The van der Waals surface area contributed by atoms with Gasteiger partial charge in [0.1, 0.15) is 0 Å². The number of anilines is 1. The van der Waals surface area contributed by atoms with Gasteiger partial charge in [-0.05, 0) is 38.0 Å². The van der Waals surface area contributed by atoms with Crippen LogP contribution in [0.15, 0.2) is 18.2 Å². The van der Waals surface area contributed by atoms with E-state index in [9.17, 15) is 0 Å². The third kappa shape index (κ3) is 3.73. The molecule has 0 aromatic heterocycles. The summed E-state index contributed by atoms with van der Waals surface area (Å²) in [4.78, 5) is 0. The van der Waals surface area contributed by atoms with Crippen molar-refractivity contribution in [1.29, 1.82) is 0 Å². The third-order valence-electron chi connectivity index (χ3n) is 2.55. The van der Waals surface area contributed by atoms with Crippen LogP contribution in [0.2, 0.25) is 5.02 Å². The molecule has 1 aromatic carbocycles. The Kier molecular flexibility index (Phi) is 4.00. The molecule has 0 unspecified atom stereocenters. The molecule has 0 aliphatic heterocycles. The number of ether oxygens (including phenoxy) is 1. The summed E-state index contributed by atoms with van der Waals surface area (Å²) in [5.41, 5.74) is 7.16. The van der Waals surface area contributed by atoms with Gasteiger partial charge in [-0.2, -0.15) is 0 Å². The van der Waals surface area contributed by atoms with Crippen LogP contribution in [0.4, 0.5) is 5.69 Å². The Morgan fingerprint density at radius 1 is 1.40 bits per heavy atom. The molecule has 0 amide bonds. The molecule has 0 heterocycles. The molecule has 0 aliphatic carbocycles. The van der Waals surface area contributed by atoms with Crippen LogP contribution in [0.25, 0.3) is 0 Å². The van der Waals surface area contributed by atoms with Crippen molar-refractivity contribution in [3.63, 3.8) is 0 Å². The second-order valence-corrected chi connectivity index (χ2v) is 4.66. The highest BCUT2D eigenvalue weighted by Gasteiger charge is 2.15. The number of nitrogen functional groups attached to an aromatic ring is 1. The molecule has 2 N–H and O–H groups in total. The first-order valence-electron chi connectivity index (χ1n) is 5.12. The lowest BCUT2D eigenvalue weighted by Gasteiger charge is -2.23. The van der Waals surface area contributed by atoms with E-state index in [0.29, 0.717) is 17.3 Å². The van der Waals surface area contributed by atoms with E-state index < -0.39 is 0 Å². The number of hydrogen-bond acceptors (Lipinski definition) is 2. The molecule has 0 bridgehead atoms. The summed E-state index contributed by atoms with van der Waals surface area (Å²) in [5, 5.41) is 0.668. The van der Waals surface area contributed by atoms with Gasteiger partial charge in [0, 0.05) is 10.7 Å². The largest absolute Gasteiger partial charge is 0.399 e. The predicted octanol–water partition coefficient (Wildman–Crippen LogP) is 3.63. The highest BCUT2D eigenvalue weighted by atomic mass is 35.5. The van der Waals surface area contributed by atoms with Crippen molar-refractivity contribution in [1.82, 2.24) is 0 Å². The van der Waals surface area contributed by atoms with Crippen molar-refractivity contribution in [2.24, 2.45) is 0 Å². The summed E-state index contributed by atoms with van der Waals surface area (Å²) in [6, 6.07) is 5.49. The molecule has 0 saturated heterocycles. The molecule has 1 rings (SSSR count).